The van der Waals surface area contributed by atoms with Gasteiger partial charge in [-0.15, -0.1) is 0 Å². The van der Waals surface area contributed by atoms with Crippen molar-refractivity contribution in [3.8, 4) is 0 Å². The molecule has 0 radical (unpaired) electrons. The van der Waals surface area contributed by atoms with E-state index in [1.54, 1.807) is 4.67 Å². The van der Waals surface area contributed by atoms with Gasteiger partial charge in [0.15, 0.2) is 0 Å². The number of hydrogen-bond donors (Lipinski definition) is 1. The van der Waals surface area contributed by atoms with Crippen LogP contribution in [0.4, 0.5) is 0 Å². The van der Waals surface area contributed by atoms with Crippen LogP contribution in [-0.2, 0) is 4.79 Å². The number of hydrogen-bond acceptors (Lipinski definition) is 2. The summed E-state index contributed by atoms with van der Waals surface area (Å²) in [5.41, 5.74) is 0. The maximum atomic E-state index is 11.0. The number of carbonyl (C=O) groups is 1. The molecule has 0 bridgehead atoms. The van der Waals surface area contributed by atoms with E-state index in [0.29, 0.717) is 15.2 Å². The third kappa shape index (κ3) is 1.47. The second-order valence-electron chi connectivity index (χ2n) is 2.48. The van der Waals surface area contributed by atoms with Gasteiger partial charge >= 0.3 is 0 Å². The molecular weight excluding hydrogens is 149 g/mol. The summed E-state index contributed by atoms with van der Waals surface area (Å²) in [4.78, 5) is 11.0. The first-order valence-electron chi connectivity index (χ1n) is 3.36. The van der Waals surface area contributed by atoms with E-state index in [2.05, 4.69) is 0 Å². The van der Waals surface area contributed by atoms with Crippen LogP contribution in [-0.4, -0.2) is 35.5 Å². The van der Waals surface area contributed by atoms with Crippen LogP contribution in [0.3, 0.4) is 0 Å². The van der Waals surface area contributed by atoms with Gasteiger partial charge in [0.05, 0.1) is 0 Å². The molecule has 4 heteroatoms. The van der Waals surface area contributed by atoms with E-state index in [9.17, 15) is 4.79 Å². The van der Waals surface area contributed by atoms with Gasteiger partial charge in [0, 0.05) is 25.5 Å². The number of aliphatic hydroxyl groups is 1. The third-order valence-electron chi connectivity index (χ3n) is 1.73. The molecule has 0 saturated carbocycles. The van der Waals surface area contributed by atoms with Crippen molar-refractivity contribution >= 4 is 14.6 Å². The van der Waals surface area contributed by atoms with Gasteiger partial charge in [0.1, 0.15) is 0 Å². The molecule has 1 rings (SSSR count). The summed E-state index contributed by atoms with van der Waals surface area (Å²) in [5.74, 6) is 0.389. The van der Waals surface area contributed by atoms with E-state index in [1.807, 2.05) is 6.66 Å². The number of nitrogens with zero attached hydrogens (tertiary/aromatic N) is 1. The highest BCUT2D eigenvalue weighted by molar-refractivity contribution is 7.35. The Hall–Kier alpha value is -0.140. The van der Waals surface area contributed by atoms with Crippen molar-refractivity contribution in [2.75, 3.05) is 19.8 Å². The molecule has 0 aliphatic carbocycles. The lowest BCUT2D eigenvalue weighted by atomic mass is 10.1. The zero-order valence-electron chi connectivity index (χ0n) is 6.00. The fourth-order valence-electron chi connectivity index (χ4n) is 1.12. The van der Waals surface area contributed by atoms with Crippen molar-refractivity contribution in [2.24, 2.45) is 5.92 Å². The van der Waals surface area contributed by atoms with Crippen molar-refractivity contribution in [2.45, 2.75) is 6.42 Å². The number of carbonyl (C=O) groups excluding carboxylic acids is 1. The fraction of sp³-hybridized carbons (Fsp3) is 0.833. The fourth-order valence-corrected chi connectivity index (χ4v) is 1.90. The topological polar surface area (TPSA) is 40.5 Å². The van der Waals surface area contributed by atoms with Crippen LogP contribution < -0.4 is 0 Å². The van der Waals surface area contributed by atoms with Gasteiger partial charge in [-0.3, -0.25) is 4.79 Å². The summed E-state index contributed by atoms with van der Waals surface area (Å²) in [7, 11) is 0.553. The minimum absolute atomic E-state index is 0.146. The van der Waals surface area contributed by atoms with Gasteiger partial charge in [-0.1, -0.05) is 0 Å². The summed E-state index contributed by atoms with van der Waals surface area (Å²) in [6.45, 7) is 2.88. The van der Waals surface area contributed by atoms with Gasteiger partial charge in [0.2, 0.25) is 5.91 Å². The monoisotopic (exact) mass is 161 g/mol. The van der Waals surface area contributed by atoms with Crippen LogP contribution in [0.2, 0.25) is 0 Å². The van der Waals surface area contributed by atoms with Crippen molar-refractivity contribution in [3.05, 3.63) is 0 Å². The first-order valence-corrected chi connectivity index (χ1v) is 4.81. The van der Waals surface area contributed by atoms with Gasteiger partial charge in [-0.05, 0) is 15.4 Å². The second kappa shape index (κ2) is 3.31. The Bertz CT molecular complexity index is 140. The molecule has 0 aromatic carbocycles. The van der Waals surface area contributed by atoms with E-state index < -0.39 is 0 Å². The Morgan fingerprint density at radius 1 is 1.90 bits per heavy atom. The summed E-state index contributed by atoms with van der Waals surface area (Å²) >= 11 is 0. The minimum atomic E-state index is 0.146. The Labute approximate surface area is 62.2 Å². The van der Waals surface area contributed by atoms with Gasteiger partial charge in [0.25, 0.3) is 0 Å². The highest BCUT2D eigenvalue weighted by Crippen LogP contribution is 2.25. The zero-order valence-corrected chi connectivity index (χ0v) is 7.00. The molecule has 1 heterocycles. The smallest absolute Gasteiger partial charge is 0.226 e. The molecule has 1 aliphatic rings. The van der Waals surface area contributed by atoms with Crippen LogP contribution in [0, 0.1) is 5.92 Å². The molecule has 1 aliphatic heterocycles. The Morgan fingerprint density at radius 2 is 2.60 bits per heavy atom. The molecule has 0 spiro atoms. The van der Waals surface area contributed by atoms with Crippen molar-refractivity contribution in [1.29, 1.82) is 0 Å². The molecule has 1 N–H and O–H groups in total. The first-order chi connectivity index (χ1) is 4.77. The predicted octanol–water partition coefficient (Wildman–Crippen LogP) is 0.0505. The maximum absolute atomic E-state index is 11.0. The minimum Gasteiger partial charge on any atom is -0.396 e. The average Bonchev–Trinajstić information content (AvgIpc) is 2.30. The SMILES string of the molecule is CPN1CC(CO)CC1=O. The molecule has 1 saturated heterocycles. The third-order valence-corrected chi connectivity index (χ3v) is 2.71. The van der Waals surface area contributed by atoms with E-state index in [-0.39, 0.29) is 18.4 Å². The second-order valence-corrected chi connectivity index (χ2v) is 3.47. The number of amides is 1. The maximum Gasteiger partial charge on any atom is 0.226 e. The Morgan fingerprint density at radius 3 is 2.90 bits per heavy atom. The van der Waals surface area contributed by atoms with Crippen LogP contribution in [0.1, 0.15) is 6.42 Å². The lowest BCUT2D eigenvalue weighted by Crippen LogP contribution is -2.15. The van der Waals surface area contributed by atoms with E-state index in [4.69, 9.17) is 5.11 Å². The highest BCUT2D eigenvalue weighted by atomic mass is 31.1. The van der Waals surface area contributed by atoms with Crippen LogP contribution in [0.15, 0.2) is 0 Å². The zero-order chi connectivity index (χ0) is 7.56. The molecule has 0 aromatic heterocycles. The lowest BCUT2D eigenvalue weighted by Gasteiger charge is -2.11. The highest BCUT2D eigenvalue weighted by Gasteiger charge is 2.27. The largest absolute Gasteiger partial charge is 0.396 e. The van der Waals surface area contributed by atoms with E-state index in [1.165, 1.54) is 0 Å². The van der Waals surface area contributed by atoms with E-state index >= 15 is 0 Å². The summed E-state index contributed by atoms with van der Waals surface area (Å²) in [6.07, 6.45) is 0.539. The van der Waals surface area contributed by atoms with Crippen LogP contribution >= 0.6 is 8.73 Å². The van der Waals surface area contributed by atoms with Crippen molar-refractivity contribution < 1.29 is 9.90 Å². The Kier molecular flexibility index (Phi) is 2.64. The first kappa shape index (κ1) is 7.96. The number of rotatable bonds is 2. The summed E-state index contributed by atoms with van der Waals surface area (Å²) in [5, 5.41) is 8.72. The lowest BCUT2D eigenvalue weighted by molar-refractivity contribution is -0.123. The Balaban J connectivity index is 2.44. The molecule has 2 unspecified atom stereocenters. The molecular formula is C6H12NO2P. The predicted molar refractivity (Wildman–Crippen MR) is 41.1 cm³/mol. The quantitative estimate of drug-likeness (QED) is 0.581. The molecule has 0 aromatic rings. The van der Waals surface area contributed by atoms with Gasteiger partial charge in [-0.25, -0.2) is 0 Å². The molecule has 1 fully saturated rings. The summed E-state index contributed by atoms with van der Waals surface area (Å²) < 4.78 is 1.81. The molecule has 10 heavy (non-hydrogen) atoms. The van der Waals surface area contributed by atoms with Crippen LogP contribution in [0.5, 0.6) is 0 Å². The molecule has 1 amide bonds. The molecule has 58 valence electrons. The summed E-state index contributed by atoms with van der Waals surface area (Å²) in [6, 6.07) is 0. The molecule has 2 atom stereocenters. The van der Waals surface area contributed by atoms with Crippen molar-refractivity contribution in [3.63, 3.8) is 0 Å². The van der Waals surface area contributed by atoms with Crippen molar-refractivity contribution in [1.82, 2.24) is 4.67 Å². The standard InChI is InChI=1S/C6H12NO2P/c1-10-7-3-5(4-8)2-6(7)9/h5,8,10H,2-4H2,1H3. The van der Waals surface area contributed by atoms with Gasteiger partial charge < -0.3 is 9.78 Å². The van der Waals surface area contributed by atoms with Crippen LogP contribution in [0.25, 0.3) is 0 Å². The average molecular weight is 161 g/mol. The number of aliphatic hydroxyl groups excluding tert-OH is 1. The molecule has 3 nitrogen and oxygen atoms in total. The van der Waals surface area contributed by atoms with Gasteiger partial charge in [-0.2, -0.15) is 0 Å². The normalized spacial score (nSPS) is 27.2. The van der Waals surface area contributed by atoms with E-state index in [0.717, 1.165) is 6.54 Å².